The average Bonchev–Trinajstić information content (AvgIpc) is 1.56. The van der Waals surface area contributed by atoms with Gasteiger partial charge >= 0.3 is 0 Å². The van der Waals surface area contributed by atoms with Gasteiger partial charge in [0.05, 0.1) is 40.3 Å². The van der Waals surface area contributed by atoms with Crippen LogP contribution in [0.3, 0.4) is 0 Å². The van der Waals surface area contributed by atoms with E-state index in [1.54, 1.807) is 79.4 Å². The highest BCUT2D eigenvalue weighted by atomic mass is 32.2. The highest BCUT2D eigenvalue weighted by Gasteiger charge is 2.30. The molecule has 0 amide bonds. The summed E-state index contributed by atoms with van der Waals surface area (Å²) in [6.45, 7) is 25.5. The standard InChI is InChI=1S/C88H52N2O4S18.2C2H6/c1-37-27-61(102-44(37)8)67-32-47-74(59-19-15-41(5)99-59)80-48(75(79(47)108-67)60-20-16-42(6)100-60)33-68(109-80)62-28-38(2)76(105-62)69-36-52-84(112-69)83-51(87(93)90(88(52)94)71-12-10-26-96-71)35-66(111-83)56-24-22-54(104-56)64-31-46-73(58-18-14-40(4)98-58)77-45(72(78(46)107-64)57-17-13-39(3)97-57)30-63(106-77)53-21-23-55(103-53)65-34-50-82(110-65)81-49(29-43(7)101-81)85(91)89(86(50)92)70-11-9-25-95-70;2*1-2/h9-36H,1-8H3;2*1-2H3. The molecule has 0 aliphatic heterocycles. The highest BCUT2D eigenvalue weighted by Crippen LogP contribution is 2.59. The second-order valence-electron chi connectivity index (χ2n) is 27.8. The summed E-state index contributed by atoms with van der Waals surface area (Å²) in [4.78, 5) is 87.8. The van der Waals surface area contributed by atoms with Crippen molar-refractivity contribution in [2.24, 2.45) is 0 Å². The molecular formula is C92H64N2O4S18. The summed E-state index contributed by atoms with van der Waals surface area (Å²) in [7, 11) is 0. The summed E-state index contributed by atoms with van der Waals surface area (Å²) in [5.74, 6) is 0. The van der Waals surface area contributed by atoms with Gasteiger partial charge in [-0.15, -0.1) is 204 Å². The molecule has 20 aromatic heterocycles. The molecule has 6 nitrogen and oxygen atoms in total. The first-order valence-corrected chi connectivity index (χ1v) is 52.3. The van der Waals surface area contributed by atoms with Crippen LogP contribution in [-0.4, -0.2) is 9.13 Å². The van der Waals surface area contributed by atoms with Gasteiger partial charge in [0.2, 0.25) is 0 Å². The van der Waals surface area contributed by atoms with Crippen LogP contribution in [0.4, 0.5) is 0 Å². The number of aromatic nitrogens is 2. The van der Waals surface area contributed by atoms with E-state index in [2.05, 4.69) is 164 Å². The minimum atomic E-state index is -0.310. The lowest BCUT2D eigenvalue weighted by Crippen LogP contribution is -2.27. The predicted molar refractivity (Wildman–Crippen MR) is 532 cm³/mol. The quantitative estimate of drug-likeness (QED) is 0.115. The lowest BCUT2D eigenvalue weighted by atomic mass is 9.99. The van der Waals surface area contributed by atoms with Crippen molar-refractivity contribution in [1.82, 2.24) is 9.13 Å². The molecule has 574 valence electrons. The smallest absolute Gasteiger partial charge is 0.267 e. The van der Waals surface area contributed by atoms with E-state index >= 15 is 9.59 Å². The zero-order valence-electron chi connectivity index (χ0n) is 64.0. The Morgan fingerprint density at radius 1 is 0.224 bits per heavy atom. The molecule has 20 heterocycles. The Morgan fingerprint density at radius 3 is 0.836 bits per heavy atom. The monoisotopic (exact) mass is 1840 g/mol. The molecule has 0 unspecified atom stereocenters. The van der Waals surface area contributed by atoms with Crippen molar-refractivity contribution in [1.29, 1.82) is 0 Å². The molecule has 0 radical (unpaired) electrons. The Morgan fingerprint density at radius 2 is 0.509 bits per heavy atom. The predicted octanol–water partition coefficient (Wildman–Crippen LogP) is 33.9. The maximum Gasteiger partial charge on any atom is 0.267 e. The maximum absolute atomic E-state index is 15.3. The summed E-state index contributed by atoms with van der Waals surface area (Å²) < 4.78 is 11.3. The Kier molecular flexibility index (Phi) is 20.1. The second kappa shape index (κ2) is 30.3. The SMILES string of the molecule is CC.CC.Cc1ccc(-c2c3cc(-c4ccc(-c5cc6c(=O)n(-c7cccs7)c(=O)c7cc(-c8sc(-c9cc%10c(-c%11ccc(C)s%11)c%11sc(-c%12cc(C)c(C)s%12)cc%11c(-c%11ccc(C)s%11)c%10s9)cc8C)sc7c6s5)s4)sc3c(-c3ccc(C)s3)c3cc(-c4ccc(-c5cc6c(=O)n(-c7cccs7)c(=O)c7cc(C)sc7c6s5)s4)sc23)s1. The third kappa shape index (κ3) is 12.7. The van der Waals surface area contributed by atoms with E-state index in [-0.39, 0.29) is 22.2 Å². The van der Waals surface area contributed by atoms with E-state index in [1.807, 2.05) is 190 Å². The van der Waals surface area contributed by atoms with E-state index in [0.717, 1.165) is 68.3 Å². The Bertz CT molecular complexity index is 7780. The summed E-state index contributed by atoms with van der Waals surface area (Å²) >= 11 is 31.3. The molecular weight excluding hydrogens is 1770 g/mol. The fourth-order valence-electron chi connectivity index (χ4n) is 15.2. The largest absolute Gasteiger partial charge is 0.268 e. The molecule has 24 heteroatoms. The van der Waals surface area contributed by atoms with Crippen LogP contribution in [0.5, 0.6) is 0 Å². The van der Waals surface area contributed by atoms with Gasteiger partial charge in [0.25, 0.3) is 22.2 Å². The molecule has 0 aliphatic carbocycles. The third-order valence-electron chi connectivity index (χ3n) is 20.5. The maximum atomic E-state index is 15.3. The fraction of sp³-hybridized carbons (Fsp3) is 0.130. The zero-order valence-corrected chi connectivity index (χ0v) is 78.7. The van der Waals surface area contributed by atoms with Gasteiger partial charge < -0.3 is 0 Å². The molecule has 0 N–H and O–H groups in total. The Labute approximate surface area is 738 Å². The summed E-state index contributed by atoms with van der Waals surface area (Å²) in [6.07, 6.45) is 0. The summed E-state index contributed by atoms with van der Waals surface area (Å²) in [5.41, 5.74) is 6.42. The van der Waals surface area contributed by atoms with E-state index in [0.29, 0.717) is 31.5 Å². The van der Waals surface area contributed by atoms with Gasteiger partial charge in [0.1, 0.15) is 10.0 Å². The van der Waals surface area contributed by atoms with Gasteiger partial charge in [-0.05, 0) is 235 Å². The zero-order chi connectivity index (χ0) is 79.7. The molecule has 2 aromatic carbocycles. The highest BCUT2D eigenvalue weighted by molar-refractivity contribution is 7.36. The number of rotatable bonds is 13. The first-order chi connectivity index (χ1) is 56.4. The molecule has 0 atom stereocenters. The molecule has 0 spiro atoms. The van der Waals surface area contributed by atoms with Crippen LogP contribution in [-0.2, 0) is 0 Å². The van der Waals surface area contributed by atoms with Crippen LogP contribution in [0.15, 0.2) is 188 Å². The minimum Gasteiger partial charge on any atom is -0.268 e. The summed E-state index contributed by atoms with van der Waals surface area (Å²) in [5, 5.41) is 12.3. The van der Waals surface area contributed by atoms with E-state index < -0.39 is 0 Å². The van der Waals surface area contributed by atoms with Crippen molar-refractivity contribution in [2.45, 2.75) is 83.1 Å². The van der Waals surface area contributed by atoms with Crippen LogP contribution < -0.4 is 22.2 Å². The van der Waals surface area contributed by atoms with Gasteiger partial charge in [-0.3, -0.25) is 19.2 Å². The van der Waals surface area contributed by atoms with Crippen molar-refractivity contribution >= 4 is 285 Å². The number of fused-ring (bicyclic) bond motifs is 10. The van der Waals surface area contributed by atoms with Crippen molar-refractivity contribution in [2.75, 3.05) is 0 Å². The van der Waals surface area contributed by atoms with Crippen molar-refractivity contribution in [3.8, 4) is 120 Å². The number of hydrogen-bond acceptors (Lipinski definition) is 22. The number of aryl methyl sites for hydroxylation is 8. The van der Waals surface area contributed by atoms with Crippen LogP contribution in [0, 0.1) is 55.4 Å². The van der Waals surface area contributed by atoms with E-state index in [9.17, 15) is 9.59 Å². The lowest BCUT2D eigenvalue weighted by Gasteiger charge is -2.09. The van der Waals surface area contributed by atoms with Crippen LogP contribution >= 0.6 is 204 Å². The molecule has 22 rings (SSSR count). The van der Waals surface area contributed by atoms with Crippen molar-refractivity contribution < 1.29 is 0 Å². The van der Waals surface area contributed by atoms with Crippen LogP contribution in [0.1, 0.15) is 68.1 Å². The fourth-order valence-corrected chi connectivity index (χ4v) is 35.3. The van der Waals surface area contributed by atoms with Crippen LogP contribution in [0.2, 0.25) is 0 Å². The van der Waals surface area contributed by atoms with Crippen molar-refractivity contribution in [3.05, 3.63) is 250 Å². The van der Waals surface area contributed by atoms with Gasteiger partial charge in [0.15, 0.2) is 0 Å². The Hall–Kier alpha value is -7.64. The van der Waals surface area contributed by atoms with Crippen molar-refractivity contribution in [3.63, 3.8) is 0 Å². The number of nitrogens with zero attached hydrogens (tertiary/aromatic N) is 2. The second-order valence-corrected chi connectivity index (χ2v) is 47.9. The molecule has 0 saturated heterocycles. The molecule has 0 fully saturated rings. The third-order valence-corrected chi connectivity index (χ3v) is 41.6. The molecule has 0 aliphatic rings. The normalized spacial score (nSPS) is 11.9. The minimum absolute atomic E-state index is 0.278. The van der Waals surface area contributed by atoms with Gasteiger partial charge in [-0.25, -0.2) is 9.13 Å². The van der Waals surface area contributed by atoms with Crippen LogP contribution in [0.25, 0.3) is 201 Å². The van der Waals surface area contributed by atoms with Gasteiger partial charge in [-0.1, -0.05) is 27.7 Å². The molecule has 22 aromatic rings. The number of thiophene rings is 18. The number of hydrogen-bond donors (Lipinski definition) is 0. The van der Waals surface area contributed by atoms with Gasteiger partial charge in [-0.2, -0.15) is 0 Å². The lowest BCUT2D eigenvalue weighted by molar-refractivity contribution is 0.999. The van der Waals surface area contributed by atoms with E-state index in [4.69, 9.17) is 0 Å². The number of benzene rings is 2. The molecule has 0 saturated carbocycles. The summed E-state index contributed by atoms with van der Waals surface area (Å²) in [6, 6.07) is 57.1. The molecule has 116 heavy (non-hydrogen) atoms. The Balaban J connectivity index is 0.00000214. The molecule has 0 bridgehead atoms. The first-order valence-electron chi connectivity index (χ1n) is 37.5. The average molecular weight is 1840 g/mol. The first kappa shape index (κ1) is 77.0. The topological polar surface area (TPSA) is 78.1 Å². The van der Waals surface area contributed by atoms with Gasteiger partial charge in [0, 0.05) is 180 Å². The van der Waals surface area contributed by atoms with E-state index in [1.165, 1.54) is 173 Å².